The number of benzene rings is 2. The Kier molecular flexibility index (Phi) is 4.12. The molecule has 1 aromatic heterocycles. The molecule has 6 heteroatoms. The van der Waals surface area contributed by atoms with Crippen LogP contribution in [0.25, 0.3) is 11.1 Å². The number of carbonyl (C=O) groups is 1. The Morgan fingerprint density at radius 1 is 1.04 bits per heavy atom. The summed E-state index contributed by atoms with van der Waals surface area (Å²) in [5.41, 5.74) is 2.26. The average Bonchev–Trinajstić information content (AvgIpc) is 2.89. The fraction of sp³-hybridized carbons (Fsp3) is 0.111. The SMILES string of the molecule is Cc1noc(C)c1C(=O)Nc1ccc(F)cc1-c1ccc(F)cc1. The van der Waals surface area contributed by atoms with E-state index in [1.165, 1.54) is 42.5 Å². The van der Waals surface area contributed by atoms with E-state index in [1.807, 2.05) is 0 Å². The van der Waals surface area contributed by atoms with Crippen LogP contribution in [0, 0.1) is 25.5 Å². The summed E-state index contributed by atoms with van der Waals surface area (Å²) in [5.74, 6) is -0.849. The number of anilines is 1. The topological polar surface area (TPSA) is 55.1 Å². The third-order valence-electron chi connectivity index (χ3n) is 3.65. The lowest BCUT2D eigenvalue weighted by molar-refractivity contribution is 0.102. The van der Waals surface area contributed by atoms with Gasteiger partial charge in [0, 0.05) is 11.3 Å². The number of hydrogen-bond donors (Lipinski definition) is 1. The van der Waals surface area contributed by atoms with E-state index in [0.29, 0.717) is 33.8 Å². The number of nitrogens with zero attached hydrogens (tertiary/aromatic N) is 1. The Bertz CT molecular complexity index is 882. The van der Waals surface area contributed by atoms with Crippen LogP contribution in [0.3, 0.4) is 0 Å². The first-order chi connectivity index (χ1) is 11.5. The second-order valence-corrected chi connectivity index (χ2v) is 5.35. The lowest BCUT2D eigenvalue weighted by Gasteiger charge is -2.11. The molecule has 4 nitrogen and oxygen atoms in total. The van der Waals surface area contributed by atoms with Crippen molar-refractivity contribution in [3.63, 3.8) is 0 Å². The van der Waals surface area contributed by atoms with Crippen molar-refractivity contribution in [1.29, 1.82) is 0 Å². The van der Waals surface area contributed by atoms with Crippen LogP contribution in [0.15, 0.2) is 47.0 Å². The zero-order chi connectivity index (χ0) is 17.3. The van der Waals surface area contributed by atoms with Crippen molar-refractivity contribution >= 4 is 11.6 Å². The maximum absolute atomic E-state index is 13.6. The molecule has 0 aliphatic carbocycles. The largest absolute Gasteiger partial charge is 0.361 e. The molecule has 0 fully saturated rings. The molecule has 3 rings (SSSR count). The van der Waals surface area contributed by atoms with Crippen LogP contribution in [0.5, 0.6) is 0 Å². The minimum atomic E-state index is -0.454. The van der Waals surface area contributed by atoms with Crippen LogP contribution in [0.1, 0.15) is 21.8 Å². The molecule has 0 radical (unpaired) electrons. The third-order valence-corrected chi connectivity index (χ3v) is 3.65. The highest BCUT2D eigenvalue weighted by Crippen LogP contribution is 2.30. The highest BCUT2D eigenvalue weighted by molar-refractivity contribution is 6.07. The van der Waals surface area contributed by atoms with Gasteiger partial charge in [-0.05, 0) is 49.7 Å². The Labute approximate surface area is 137 Å². The van der Waals surface area contributed by atoms with Crippen molar-refractivity contribution in [3.8, 4) is 11.1 Å². The van der Waals surface area contributed by atoms with E-state index < -0.39 is 17.5 Å². The number of hydrogen-bond acceptors (Lipinski definition) is 3. The van der Waals surface area contributed by atoms with E-state index in [-0.39, 0.29) is 0 Å². The number of rotatable bonds is 3. The zero-order valence-electron chi connectivity index (χ0n) is 13.1. The predicted molar refractivity (Wildman–Crippen MR) is 85.7 cm³/mol. The quantitative estimate of drug-likeness (QED) is 0.771. The number of nitrogens with one attached hydrogen (secondary N) is 1. The fourth-order valence-electron chi connectivity index (χ4n) is 2.49. The van der Waals surface area contributed by atoms with Crippen molar-refractivity contribution in [3.05, 3.63) is 71.1 Å². The van der Waals surface area contributed by atoms with Crippen molar-refractivity contribution in [2.24, 2.45) is 0 Å². The molecule has 0 saturated carbocycles. The summed E-state index contributed by atoms with van der Waals surface area (Å²) in [6.45, 7) is 3.30. The number of halogens is 2. The fourth-order valence-corrected chi connectivity index (χ4v) is 2.49. The molecule has 0 aliphatic rings. The van der Waals surface area contributed by atoms with Crippen molar-refractivity contribution < 1.29 is 18.1 Å². The lowest BCUT2D eigenvalue weighted by atomic mass is 10.0. The highest BCUT2D eigenvalue weighted by Gasteiger charge is 2.19. The van der Waals surface area contributed by atoms with Crippen LogP contribution in [-0.2, 0) is 0 Å². The van der Waals surface area contributed by atoms with Crippen LogP contribution in [-0.4, -0.2) is 11.1 Å². The Morgan fingerprint density at radius 3 is 2.33 bits per heavy atom. The van der Waals surface area contributed by atoms with E-state index in [2.05, 4.69) is 10.5 Å². The molecule has 1 amide bonds. The minimum absolute atomic E-state index is 0.337. The number of aryl methyl sites for hydroxylation is 2. The van der Waals surface area contributed by atoms with Gasteiger partial charge in [0.1, 0.15) is 23.0 Å². The molecule has 0 unspecified atom stereocenters. The summed E-state index contributed by atoms with van der Waals surface area (Å²) in [7, 11) is 0. The maximum Gasteiger partial charge on any atom is 0.261 e. The normalized spacial score (nSPS) is 10.7. The lowest BCUT2D eigenvalue weighted by Crippen LogP contribution is -2.14. The summed E-state index contributed by atoms with van der Waals surface area (Å²) >= 11 is 0. The van der Waals surface area contributed by atoms with Gasteiger partial charge in [-0.3, -0.25) is 4.79 Å². The van der Waals surface area contributed by atoms with Gasteiger partial charge in [0.15, 0.2) is 0 Å². The van der Waals surface area contributed by atoms with E-state index in [9.17, 15) is 13.6 Å². The standard InChI is InChI=1S/C18H14F2N2O2/c1-10-17(11(2)24-22-10)18(23)21-16-8-7-14(20)9-15(16)12-3-5-13(19)6-4-12/h3-9H,1-2H3,(H,21,23). The van der Waals surface area contributed by atoms with Gasteiger partial charge in [-0.25, -0.2) is 8.78 Å². The summed E-state index contributed by atoms with van der Waals surface area (Å²) < 4.78 is 31.7. The molecule has 0 saturated heterocycles. The smallest absolute Gasteiger partial charge is 0.261 e. The molecule has 1 heterocycles. The number of amides is 1. The minimum Gasteiger partial charge on any atom is -0.361 e. The van der Waals surface area contributed by atoms with E-state index in [4.69, 9.17) is 4.52 Å². The zero-order valence-corrected chi connectivity index (χ0v) is 13.1. The predicted octanol–water partition coefficient (Wildman–Crippen LogP) is 4.49. The van der Waals surface area contributed by atoms with Crippen molar-refractivity contribution in [2.45, 2.75) is 13.8 Å². The van der Waals surface area contributed by atoms with Crippen LogP contribution < -0.4 is 5.32 Å². The van der Waals surface area contributed by atoms with Gasteiger partial charge >= 0.3 is 0 Å². The Hall–Kier alpha value is -3.02. The molecular weight excluding hydrogens is 314 g/mol. The Morgan fingerprint density at radius 2 is 1.71 bits per heavy atom. The average molecular weight is 328 g/mol. The molecule has 0 bridgehead atoms. The number of carbonyl (C=O) groups excluding carboxylic acids is 1. The summed E-state index contributed by atoms with van der Waals surface area (Å²) in [5, 5.41) is 6.48. The van der Waals surface area contributed by atoms with E-state index in [0.717, 1.165) is 0 Å². The molecule has 122 valence electrons. The molecule has 0 atom stereocenters. The molecule has 0 spiro atoms. The van der Waals surface area contributed by atoms with Crippen LogP contribution in [0.4, 0.5) is 14.5 Å². The first-order valence-corrected chi connectivity index (χ1v) is 7.25. The summed E-state index contributed by atoms with van der Waals surface area (Å²) in [4.78, 5) is 12.5. The van der Waals surface area contributed by atoms with Gasteiger partial charge in [-0.2, -0.15) is 0 Å². The van der Waals surface area contributed by atoms with Gasteiger partial charge < -0.3 is 9.84 Å². The second-order valence-electron chi connectivity index (χ2n) is 5.35. The second kappa shape index (κ2) is 6.23. The molecule has 24 heavy (non-hydrogen) atoms. The van der Waals surface area contributed by atoms with Crippen LogP contribution >= 0.6 is 0 Å². The van der Waals surface area contributed by atoms with Crippen molar-refractivity contribution in [2.75, 3.05) is 5.32 Å². The van der Waals surface area contributed by atoms with Gasteiger partial charge in [0.2, 0.25) is 0 Å². The first-order valence-electron chi connectivity index (χ1n) is 7.25. The molecule has 2 aromatic carbocycles. The third kappa shape index (κ3) is 3.03. The van der Waals surface area contributed by atoms with Gasteiger partial charge in [-0.1, -0.05) is 17.3 Å². The van der Waals surface area contributed by atoms with Gasteiger partial charge in [0.05, 0.1) is 5.69 Å². The van der Waals surface area contributed by atoms with Crippen molar-refractivity contribution in [1.82, 2.24) is 5.16 Å². The summed E-state index contributed by atoms with van der Waals surface area (Å²) in [6, 6.07) is 9.60. The Balaban J connectivity index is 1.99. The molecule has 1 N–H and O–H groups in total. The monoisotopic (exact) mass is 328 g/mol. The molecule has 3 aromatic rings. The van der Waals surface area contributed by atoms with Gasteiger partial charge in [-0.15, -0.1) is 0 Å². The van der Waals surface area contributed by atoms with Crippen LogP contribution in [0.2, 0.25) is 0 Å². The first kappa shape index (κ1) is 15.9. The molecular formula is C18H14F2N2O2. The molecule has 0 aliphatic heterocycles. The van der Waals surface area contributed by atoms with E-state index in [1.54, 1.807) is 13.8 Å². The number of aromatic nitrogens is 1. The summed E-state index contributed by atoms with van der Waals surface area (Å²) in [6.07, 6.45) is 0. The van der Waals surface area contributed by atoms with Gasteiger partial charge in [0.25, 0.3) is 5.91 Å². The highest BCUT2D eigenvalue weighted by atomic mass is 19.1. The maximum atomic E-state index is 13.6. The van der Waals surface area contributed by atoms with E-state index >= 15 is 0 Å².